The SMILES string of the molecule is CS(=O)(=O)N(Cc1ccccc1)c1cccc([C@@H](O)CNCCOc2ccc3c4ccc(N)cc4n(Cc4ccccc4)c3c2)c1. The Labute approximate surface area is 269 Å². The van der Waals surface area contributed by atoms with E-state index in [1.54, 1.807) is 24.3 Å². The average Bonchev–Trinajstić information content (AvgIpc) is 3.35. The van der Waals surface area contributed by atoms with Crippen LogP contribution in [0.15, 0.2) is 121 Å². The molecule has 9 heteroatoms. The molecule has 0 saturated heterocycles. The van der Waals surface area contributed by atoms with Gasteiger partial charge in [0.05, 0.1) is 35.6 Å². The van der Waals surface area contributed by atoms with Gasteiger partial charge >= 0.3 is 0 Å². The summed E-state index contributed by atoms with van der Waals surface area (Å²) in [6.45, 7) is 2.13. The van der Waals surface area contributed by atoms with Gasteiger partial charge < -0.3 is 25.5 Å². The van der Waals surface area contributed by atoms with Gasteiger partial charge in [0, 0.05) is 42.2 Å². The van der Waals surface area contributed by atoms with E-state index in [0.717, 1.165) is 38.8 Å². The Bertz CT molecular complexity index is 2050. The zero-order chi connectivity index (χ0) is 32.1. The number of nitrogen functional groups attached to an aromatic ring is 1. The minimum absolute atomic E-state index is 0.210. The van der Waals surface area contributed by atoms with E-state index in [0.29, 0.717) is 30.9 Å². The van der Waals surface area contributed by atoms with E-state index < -0.39 is 16.1 Å². The third-order valence-corrected chi connectivity index (χ3v) is 9.18. The summed E-state index contributed by atoms with van der Waals surface area (Å²) in [6, 6.07) is 39.0. The third-order valence-electron chi connectivity index (χ3n) is 8.04. The minimum atomic E-state index is -3.54. The molecule has 0 saturated carbocycles. The first-order chi connectivity index (χ1) is 22.3. The maximum absolute atomic E-state index is 12.6. The van der Waals surface area contributed by atoms with E-state index in [-0.39, 0.29) is 13.1 Å². The largest absolute Gasteiger partial charge is 0.492 e. The highest BCUT2D eigenvalue weighted by atomic mass is 32.2. The minimum Gasteiger partial charge on any atom is -0.492 e. The maximum Gasteiger partial charge on any atom is 0.232 e. The second kappa shape index (κ2) is 13.7. The lowest BCUT2D eigenvalue weighted by atomic mass is 10.1. The molecule has 5 aromatic carbocycles. The maximum atomic E-state index is 12.6. The number of nitrogens with one attached hydrogen (secondary N) is 1. The van der Waals surface area contributed by atoms with Crippen molar-refractivity contribution in [3.63, 3.8) is 0 Å². The molecular weight excluding hydrogens is 596 g/mol. The number of nitrogens with zero attached hydrogens (tertiary/aromatic N) is 2. The first-order valence-corrected chi connectivity index (χ1v) is 17.1. The van der Waals surface area contributed by atoms with E-state index in [4.69, 9.17) is 10.5 Å². The van der Waals surface area contributed by atoms with Gasteiger partial charge in [-0.25, -0.2) is 8.42 Å². The Morgan fingerprint density at radius 2 is 1.50 bits per heavy atom. The quantitative estimate of drug-likeness (QED) is 0.105. The lowest BCUT2D eigenvalue weighted by molar-refractivity contribution is 0.172. The molecule has 0 aliphatic heterocycles. The van der Waals surface area contributed by atoms with Gasteiger partial charge in [-0.05, 0) is 53.1 Å². The summed E-state index contributed by atoms with van der Waals surface area (Å²) >= 11 is 0. The number of fused-ring (bicyclic) bond motifs is 3. The first kappa shape index (κ1) is 31.2. The molecule has 0 aliphatic rings. The highest BCUT2D eigenvalue weighted by Gasteiger charge is 2.19. The molecule has 1 heterocycles. The molecule has 0 aliphatic carbocycles. The lowest BCUT2D eigenvalue weighted by Crippen LogP contribution is -2.29. The van der Waals surface area contributed by atoms with Crippen LogP contribution in [0.2, 0.25) is 0 Å². The van der Waals surface area contributed by atoms with E-state index in [1.807, 2.05) is 66.7 Å². The van der Waals surface area contributed by atoms with Crippen molar-refractivity contribution < 1.29 is 18.3 Å². The smallest absolute Gasteiger partial charge is 0.232 e. The predicted octanol–water partition coefficient (Wildman–Crippen LogP) is 6.09. The topological polar surface area (TPSA) is 110 Å². The average molecular weight is 635 g/mol. The summed E-state index contributed by atoms with van der Waals surface area (Å²) in [5.41, 5.74) is 12.3. The fourth-order valence-corrected chi connectivity index (χ4v) is 6.63. The van der Waals surface area contributed by atoms with Crippen LogP contribution in [0.5, 0.6) is 5.75 Å². The van der Waals surface area contributed by atoms with Gasteiger partial charge in [0.25, 0.3) is 0 Å². The van der Waals surface area contributed by atoms with Crippen LogP contribution >= 0.6 is 0 Å². The van der Waals surface area contributed by atoms with Gasteiger partial charge in [-0.3, -0.25) is 4.31 Å². The number of anilines is 2. The van der Waals surface area contributed by atoms with Gasteiger partial charge in [0.15, 0.2) is 0 Å². The molecule has 0 unspecified atom stereocenters. The molecular formula is C37H38N4O4S. The summed E-state index contributed by atoms with van der Waals surface area (Å²) in [6.07, 6.45) is 0.368. The summed E-state index contributed by atoms with van der Waals surface area (Å²) in [7, 11) is -3.54. The predicted molar refractivity (Wildman–Crippen MR) is 187 cm³/mol. The van der Waals surface area contributed by atoms with Crippen molar-refractivity contribution in [2.45, 2.75) is 19.2 Å². The van der Waals surface area contributed by atoms with Crippen molar-refractivity contribution in [1.82, 2.24) is 9.88 Å². The number of nitrogens with two attached hydrogens (primary N) is 1. The zero-order valence-electron chi connectivity index (χ0n) is 25.7. The number of hydrogen-bond donors (Lipinski definition) is 3. The van der Waals surface area contributed by atoms with Crippen molar-refractivity contribution in [2.75, 3.05) is 36.0 Å². The van der Waals surface area contributed by atoms with Crippen LogP contribution < -0.4 is 20.1 Å². The van der Waals surface area contributed by atoms with Crippen LogP contribution in [-0.4, -0.2) is 44.0 Å². The monoisotopic (exact) mass is 634 g/mol. The normalized spacial score (nSPS) is 12.4. The van der Waals surface area contributed by atoms with E-state index in [2.05, 4.69) is 40.2 Å². The Balaban J connectivity index is 1.09. The fraction of sp³-hybridized carbons (Fsp3) is 0.189. The number of ether oxygens (including phenoxy) is 1. The fourth-order valence-electron chi connectivity index (χ4n) is 5.75. The molecule has 6 rings (SSSR count). The van der Waals surface area contributed by atoms with Crippen LogP contribution in [-0.2, 0) is 23.1 Å². The highest BCUT2D eigenvalue weighted by Crippen LogP contribution is 2.33. The van der Waals surface area contributed by atoms with Crippen LogP contribution in [0.3, 0.4) is 0 Å². The van der Waals surface area contributed by atoms with E-state index in [9.17, 15) is 13.5 Å². The zero-order valence-corrected chi connectivity index (χ0v) is 26.5. The van der Waals surface area contributed by atoms with Gasteiger partial charge in [-0.1, -0.05) is 78.9 Å². The molecule has 236 valence electrons. The number of aliphatic hydroxyl groups is 1. The molecule has 8 nitrogen and oxygen atoms in total. The number of sulfonamides is 1. The van der Waals surface area contributed by atoms with E-state index >= 15 is 0 Å². The Morgan fingerprint density at radius 1 is 0.826 bits per heavy atom. The van der Waals surface area contributed by atoms with Crippen molar-refractivity contribution in [3.05, 3.63) is 138 Å². The van der Waals surface area contributed by atoms with Crippen LogP contribution in [0.25, 0.3) is 21.8 Å². The Hall–Kier alpha value is -4.83. The van der Waals surface area contributed by atoms with Gasteiger partial charge in [-0.2, -0.15) is 0 Å². The second-order valence-electron chi connectivity index (χ2n) is 11.4. The van der Waals surface area contributed by atoms with E-state index in [1.165, 1.54) is 16.1 Å². The Morgan fingerprint density at radius 3 is 2.22 bits per heavy atom. The van der Waals surface area contributed by atoms with Crippen LogP contribution in [0.1, 0.15) is 22.8 Å². The molecule has 6 aromatic rings. The summed E-state index contributed by atoms with van der Waals surface area (Å²) < 4.78 is 35.0. The van der Waals surface area contributed by atoms with Crippen LogP contribution in [0.4, 0.5) is 11.4 Å². The van der Waals surface area contributed by atoms with Crippen molar-refractivity contribution in [3.8, 4) is 5.75 Å². The van der Waals surface area contributed by atoms with Crippen LogP contribution in [0, 0.1) is 0 Å². The van der Waals surface area contributed by atoms with Gasteiger partial charge in [-0.15, -0.1) is 0 Å². The number of aliphatic hydroxyl groups excluding tert-OH is 1. The molecule has 0 fully saturated rings. The Kier molecular flexibility index (Phi) is 9.25. The third kappa shape index (κ3) is 7.18. The van der Waals surface area contributed by atoms with Crippen molar-refractivity contribution >= 4 is 43.2 Å². The summed E-state index contributed by atoms with van der Waals surface area (Å²) in [4.78, 5) is 0. The summed E-state index contributed by atoms with van der Waals surface area (Å²) in [5.74, 6) is 0.756. The summed E-state index contributed by atoms with van der Waals surface area (Å²) in [5, 5.41) is 16.5. The number of aromatic nitrogens is 1. The highest BCUT2D eigenvalue weighted by molar-refractivity contribution is 7.92. The van der Waals surface area contributed by atoms with Crippen molar-refractivity contribution in [2.24, 2.45) is 0 Å². The molecule has 1 atom stereocenters. The molecule has 0 spiro atoms. The molecule has 0 bridgehead atoms. The molecule has 1 aromatic heterocycles. The number of benzene rings is 5. The van der Waals surface area contributed by atoms with Crippen molar-refractivity contribution in [1.29, 1.82) is 0 Å². The molecule has 46 heavy (non-hydrogen) atoms. The first-order valence-electron chi connectivity index (χ1n) is 15.2. The molecule has 0 amide bonds. The molecule has 0 radical (unpaired) electrons. The van der Waals surface area contributed by atoms with Gasteiger partial charge in [0.1, 0.15) is 12.4 Å². The number of hydrogen-bond acceptors (Lipinski definition) is 6. The standard InChI is InChI=1S/C37H38N4O4S/c1-46(43,44)41(26-28-11-6-3-7-12-28)31-14-8-13-29(21-31)37(42)24-39-19-20-45-32-16-18-34-33-17-15-30(38)22-35(33)40(36(34)23-32)25-27-9-4-2-5-10-27/h2-18,21-23,37,39,42H,19-20,24-26,38H2,1H3/t37-/m0/s1. The van der Waals surface area contributed by atoms with Gasteiger partial charge in [0.2, 0.25) is 10.0 Å². The lowest BCUT2D eigenvalue weighted by Gasteiger charge is -2.24. The number of rotatable bonds is 13. The second-order valence-corrected chi connectivity index (χ2v) is 13.4. The molecule has 4 N–H and O–H groups in total.